The second-order valence-electron chi connectivity index (χ2n) is 6.90. The second-order valence-corrected chi connectivity index (χ2v) is 7.84. The lowest BCUT2D eigenvalue weighted by Crippen LogP contribution is -2.24. The van der Waals surface area contributed by atoms with Gasteiger partial charge in [-0.1, -0.05) is 42.1 Å². The molecule has 0 radical (unpaired) electrons. The zero-order valence-corrected chi connectivity index (χ0v) is 18.2. The highest BCUT2D eigenvalue weighted by atomic mass is 32.2. The summed E-state index contributed by atoms with van der Waals surface area (Å²) in [5.74, 6) is 1.36. The van der Waals surface area contributed by atoms with E-state index in [2.05, 4.69) is 27.6 Å². The summed E-state index contributed by atoms with van der Waals surface area (Å²) in [6, 6.07) is 23.1. The molecule has 0 aliphatic carbocycles. The van der Waals surface area contributed by atoms with E-state index in [0.717, 1.165) is 17.2 Å². The van der Waals surface area contributed by atoms with Crippen LogP contribution in [-0.4, -0.2) is 27.8 Å². The van der Waals surface area contributed by atoms with E-state index in [1.54, 1.807) is 18.9 Å². The van der Waals surface area contributed by atoms with Crippen LogP contribution in [0.3, 0.4) is 0 Å². The Labute approximate surface area is 189 Å². The summed E-state index contributed by atoms with van der Waals surface area (Å²) in [4.78, 5) is 12.5. The molecule has 4 rings (SSSR count). The van der Waals surface area contributed by atoms with Crippen molar-refractivity contribution in [2.45, 2.75) is 17.5 Å². The van der Waals surface area contributed by atoms with Crippen molar-refractivity contribution in [3.8, 4) is 11.4 Å². The van der Waals surface area contributed by atoms with E-state index in [4.69, 9.17) is 4.74 Å². The van der Waals surface area contributed by atoms with Crippen LogP contribution in [0.15, 0.2) is 84.0 Å². The van der Waals surface area contributed by atoms with Gasteiger partial charge in [-0.25, -0.2) is 4.39 Å². The monoisotopic (exact) mass is 448 g/mol. The molecule has 162 valence electrons. The quantitative estimate of drug-likeness (QED) is 0.398. The third-order valence-corrected chi connectivity index (χ3v) is 5.76. The highest BCUT2D eigenvalue weighted by Gasteiger charge is 2.16. The molecule has 8 heteroatoms. The van der Waals surface area contributed by atoms with Gasteiger partial charge in [-0.2, -0.15) is 0 Å². The van der Waals surface area contributed by atoms with Gasteiger partial charge in [0.1, 0.15) is 11.6 Å². The molecule has 0 spiro atoms. The van der Waals surface area contributed by atoms with Crippen LogP contribution in [0.25, 0.3) is 5.69 Å². The van der Waals surface area contributed by atoms with Crippen molar-refractivity contribution in [1.82, 2.24) is 20.1 Å². The molecule has 1 amide bonds. The number of carbonyl (C=O) groups is 1. The average Bonchev–Trinajstić information content (AvgIpc) is 3.25. The van der Waals surface area contributed by atoms with Crippen LogP contribution in [0, 0.1) is 5.82 Å². The third kappa shape index (κ3) is 5.15. The van der Waals surface area contributed by atoms with Gasteiger partial charge in [-0.05, 0) is 54.1 Å². The first-order valence-electron chi connectivity index (χ1n) is 9.93. The van der Waals surface area contributed by atoms with E-state index in [1.807, 2.05) is 47.0 Å². The zero-order valence-electron chi connectivity index (χ0n) is 17.4. The Morgan fingerprint density at radius 1 is 1.00 bits per heavy atom. The lowest BCUT2D eigenvalue weighted by atomic mass is 10.2. The van der Waals surface area contributed by atoms with Gasteiger partial charge in [0, 0.05) is 17.0 Å². The number of carbonyl (C=O) groups excluding carboxylic acids is 1. The number of rotatable bonds is 8. The Kier molecular flexibility index (Phi) is 6.81. The topological polar surface area (TPSA) is 69.0 Å². The van der Waals surface area contributed by atoms with Crippen LogP contribution >= 0.6 is 11.8 Å². The number of amides is 1. The molecule has 0 aliphatic heterocycles. The van der Waals surface area contributed by atoms with Crippen molar-refractivity contribution in [3.05, 3.63) is 102 Å². The molecular formula is C24H21FN4O2S. The Morgan fingerprint density at radius 3 is 2.41 bits per heavy atom. The number of nitrogens with one attached hydrogen (secondary N) is 1. The maximum atomic E-state index is 13.1. The van der Waals surface area contributed by atoms with Crippen LogP contribution in [0.5, 0.6) is 5.75 Å². The zero-order chi connectivity index (χ0) is 22.3. The van der Waals surface area contributed by atoms with E-state index in [9.17, 15) is 9.18 Å². The maximum absolute atomic E-state index is 13.1. The highest BCUT2D eigenvalue weighted by Crippen LogP contribution is 2.26. The fourth-order valence-corrected chi connectivity index (χ4v) is 4.01. The summed E-state index contributed by atoms with van der Waals surface area (Å²) in [6.45, 7) is 0.168. The third-order valence-electron chi connectivity index (χ3n) is 4.76. The van der Waals surface area contributed by atoms with Crippen molar-refractivity contribution in [2.24, 2.45) is 0 Å². The van der Waals surface area contributed by atoms with Gasteiger partial charge in [0.05, 0.1) is 13.7 Å². The van der Waals surface area contributed by atoms with E-state index in [1.165, 1.54) is 29.8 Å². The lowest BCUT2D eigenvalue weighted by Gasteiger charge is -2.12. The summed E-state index contributed by atoms with van der Waals surface area (Å²) >= 11 is 1.56. The first-order chi connectivity index (χ1) is 15.6. The average molecular weight is 449 g/mol. The van der Waals surface area contributed by atoms with Crippen molar-refractivity contribution >= 4 is 17.7 Å². The van der Waals surface area contributed by atoms with E-state index in [0.29, 0.717) is 16.5 Å². The predicted molar refractivity (Wildman–Crippen MR) is 121 cm³/mol. The van der Waals surface area contributed by atoms with Crippen LogP contribution in [0.1, 0.15) is 21.7 Å². The standard InChI is InChI=1S/C24H21FN4O2S/c1-31-21-13-11-20(12-14-21)29-22(15-26-23(30)18-7-9-19(25)10-8-18)27-28-24(29)32-16-17-5-3-2-4-6-17/h2-14H,15-16H2,1H3,(H,26,30). The summed E-state index contributed by atoms with van der Waals surface area (Å²) in [7, 11) is 1.62. The first kappa shape index (κ1) is 21.6. The van der Waals surface area contributed by atoms with Gasteiger partial charge in [-0.3, -0.25) is 9.36 Å². The van der Waals surface area contributed by atoms with Crippen molar-refractivity contribution in [2.75, 3.05) is 7.11 Å². The van der Waals surface area contributed by atoms with Gasteiger partial charge in [0.25, 0.3) is 5.91 Å². The minimum absolute atomic E-state index is 0.168. The molecule has 0 aliphatic rings. The molecule has 0 saturated carbocycles. The molecule has 3 aromatic carbocycles. The second kappa shape index (κ2) is 10.1. The first-order valence-corrected chi connectivity index (χ1v) is 10.9. The molecule has 0 atom stereocenters. The number of aromatic nitrogens is 3. The number of benzene rings is 3. The minimum Gasteiger partial charge on any atom is -0.497 e. The van der Waals surface area contributed by atoms with Gasteiger partial charge >= 0.3 is 0 Å². The van der Waals surface area contributed by atoms with Gasteiger partial charge in [-0.15, -0.1) is 10.2 Å². The fourth-order valence-electron chi connectivity index (χ4n) is 3.08. The largest absolute Gasteiger partial charge is 0.497 e. The molecule has 0 fully saturated rings. The maximum Gasteiger partial charge on any atom is 0.251 e. The summed E-state index contributed by atoms with van der Waals surface area (Å²) < 4.78 is 20.3. The molecule has 0 bridgehead atoms. The summed E-state index contributed by atoms with van der Waals surface area (Å²) in [5.41, 5.74) is 2.41. The molecule has 4 aromatic rings. The van der Waals surface area contributed by atoms with E-state index in [-0.39, 0.29) is 18.3 Å². The number of ether oxygens (including phenoxy) is 1. The predicted octanol–water partition coefficient (Wildman–Crippen LogP) is 4.64. The highest BCUT2D eigenvalue weighted by molar-refractivity contribution is 7.98. The SMILES string of the molecule is COc1ccc(-n2c(CNC(=O)c3ccc(F)cc3)nnc2SCc2ccccc2)cc1. The molecule has 1 heterocycles. The Morgan fingerprint density at radius 2 is 1.72 bits per heavy atom. The minimum atomic E-state index is -0.388. The molecular weight excluding hydrogens is 427 g/mol. The Bertz CT molecular complexity index is 1180. The fraction of sp³-hybridized carbons (Fsp3) is 0.125. The van der Waals surface area contributed by atoms with Crippen molar-refractivity contribution < 1.29 is 13.9 Å². The molecule has 6 nitrogen and oxygen atoms in total. The van der Waals surface area contributed by atoms with Crippen LogP contribution in [-0.2, 0) is 12.3 Å². The molecule has 0 unspecified atom stereocenters. The lowest BCUT2D eigenvalue weighted by molar-refractivity contribution is 0.0949. The van der Waals surface area contributed by atoms with Gasteiger partial charge in [0.15, 0.2) is 11.0 Å². The smallest absolute Gasteiger partial charge is 0.251 e. The molecule has 0 saturated heterocycles. The van der Waals surface area contributed by atoms with Crippen LogP contribution in [0.4, 0.5) is 4.39 Å². The number of nitrogens with zero attached hydrogens (tertiary/aromatic N) is 3. The van der Waals surface area contributed by atoms with Crippen molar-refractivity contribution in [3.63, 3.8) is 0 Å². The molecule has 1 aromatic heterocycles. The summed E-state index contributed by atoms with van der Waals surface area (Å²) in [6.07, 6.45) is 0. The number of halogens is 1. The van der Waals surface area contributed by atoms with E-state index < -0.39 is 0 Å². The Hall–Kier alpha value is -3.65. The number of hydrogen-bond donors (Lipinski definition) is 1. The summed E-state index contributed by atoms with van der Waals surface area (Å²) in [5, 5.41) is 12.2. The molecule has 32 heavy (non-hydrogen) atoms. The van der Waals surface area contributed by atoms with E-state index >= 15 is 0 Å². The van der Waals surface area contributed by atoms with Gasteiger partial charge in [0.2, 0.25) is 0 Å². The van der Waals surface area contributed by atoms with Crippen LogP contribution in [0.2, 0.25) is 0 Å². The Balaban J connectivity index is 1.57. The van der Waals surface area contributed by atoms with Crippen molar-refractivity contribution in [1.29, 1.82) is 0 Å². The number of thioether (sulfide) groups is 1. The molecule has 1 N–H and O–H groups in total. The number of methoxy groups -OCH3 is 1. The van der Waals surface area contributed by atoms with Gasteiger partial charge < -0.3 is 10.1 Å². The normalized spacial score (nSPS) is 10.7. The van der Waals surface area contributed by atoms with Crippen LogP contribution < -0.4 is 10.1 Å². The number of hydrogen-bond acceptors (Lipinski definition) is 5.